The molecule has 0 fully saturated rings. The number of thioether (sulfide) groups is 1. The number of hydrogen-bond donors (Lipinski definition) is 1. The van der Waals surface area contributed by atoms with Crippen molar-refractivity contribution in [3.63, 3.8) is 0 Å². The van der Waals surface area contributed by atoms with E-state index in [0.29, 0.717) is 23.7 Å². The van der Waals surface area contributed by atoms with Crippen molar-refractivity contribution >= 4 is 35.2 Å². The smallest absolute Gasteiger partial charge is 0.243 e. The molecule has 0 aliphatic rings. The molecule has 2 amide bonds. The molecule has 0 spiro atoms. The van der Waals surface area contributed by atoms with Gasteiger partial charge in [0.2, 0.25) is 11.8 Å². The number of aryl methyl sites for hydroxylation is 1. The van der Waals surface area contributed by atoms with E-state index in [1.54, 1.807) is 16.7 Å². The molecule has 1 N–H and O–H groups in total. The van der Waals surface area contributed by atoms with Crippen molar-refractivity contribution < 1.29 is 9.59 Å². The van der Waals surface area contributed by atoms with Crippen LogP contribution >= 0.6 is 23.4 Å². The molecule has 0 unspecified atom stereocenters. The maximum absolute atomic E-state index is 13.2. The van der Waals surface area contributed by atoms with Crippen molar-refractivity contribution in [3.8, 4) is 0 Å². The van der Waals surface area contributed by atoms with Crippen molar-refractivity contribution in [2.45, 2.75) is 64.9 Å². The van der Waals surface area contributed by atoms with Crippen LogP contribution in [-0.4, -0.2) is 34.6 Å². The van der Waals surface area contributed by atoms with E-state index in [0.717, 1.165) is 17.7 Å². The predicted octanol–water partition coefficient (Wildman–Crippen LogP) is 5.60. The molecule has 0 aliphatic carbocycles. The second-order valence-electron chi connectivity index (χ2n) is 7.87. The van der Waals surface area contributed by atoms with E-state index in [4.69, 9.17) is 11.6 Å². The zero-order valence-corrected chi connectivity index (χ0v) is 20.4. The van der Waals surface area contributed by atoms with E-state index in [1.165, 1.54) is 11.1 Å². The van der Waals surface area contributed by atoms with Crippen molar-refractivity contribution in [2.75, 3.05) is 5.75 Å². The number of nitrogens with zero attached hydrogens (tertiary/aromatic N) is 1. The van der Waals surface area contributed by atoms with Gasteiger partial charge in [-0.05, 0) is 49.9 Å². The molecule has 2 aromatic rings. The zero-order chi connectivity index (χ0) is 22.8. The van der Waals surface area contributed by atoms with Crippen LogP contribution in [0.1, 0.15) is 50.3 Å². The van der Waals surface area contributed by atoms with Gasteiger partial charge in [-0.1, -0.05) is 67.4 Å². The molecule has 0 saturated heterocycles. The van der Waals surface area contributed by atoms with Crippen molar-refractivity contribution in [1.29, 1.82) is 0 Å². The second kappa shape index (κ2) is 12.8. The molecule has 31 heavy (non-hydrogen) atoms. The standard InChI is InChI=1S/C25H33ClN2O2S/c1-5-19(4)27-25(30)23(6-2)28(15-20-10-12-22(26)13-11-20)24(29)17-31-16-21-9-7-8-18(3)14-21/h7-14,19,23H,5-6,15-17H2,1-4H3,(H,27,30)/t19-,23+/m0/s1. The lowest BCUT2D eigenvalue weighted by molar-refractivity contribution is -0.139. The summed E-state index contributed by atoms with van der Waals surface area (Å²) in [6.07, 6.45) is 1.41. The first-order valence-corrected chi connectivity index (χ1v) is 12.3. The maximum atomic E-state index is 13.2. The molecule has 0 heterocycles. The van der Waals surface area contributed by atoms with E-state index in [1.807, 2.05) is 51.1 Å². The number of nitrogens with one attached hydrogen (secondary N) is 1. The monoisotopic (exact) mass is 460 g/mol. The molecular weight excluding hydrogens is 428 g/mol. The van der Waals surface area contributed by atoms with Crippen LogP contribution in [-0.2, 0) is 21.9 Å². The normalized spacial score (nSPS) is 12.8. The highest BCUT2D eigenvalue weighted by Crippen LogP contribution is 2.19. The molecule has 0 aliphatic heterocycles. The number of rotatable bonds is 11. The molecule has 168 valence electrons. The lowest BCUT2D eigenvalue weighted by Crippen LogP contribution is -2.51. The molecule has 0 saturated carbocycles. The quantitative estimate of drug-likeness (QED) is 0.474. The van der Waals surface area contributed by atoms with E-state index < -0.39 is 6.04 Å². The average Bonchev–Trinajstić information content (AvgIpc) is 2.74. The van der Waals surface area contributed by atoms with Gasteiger partial charge in [-0.15, -0.1) is 11.8 Å². The SMILES string of the molecule is CC[C@H](C(=O)N[C@@H](C)CC)N(Cc1ccc(Cl)cc1)C(=O)CSCc1cccc(C)c1. The number of hydrogen-bond acceptors (Lipinski definition) is 3. The first kappa shape index (κ1) is 25.3. The summed E-state index contributed by atoms with van der Waals surface area (Å²) in [6, 6.07) is 15.3. The van der Waals surface area contributed by atoms with Gasteiger partial charge in [0, 0.05) is 23.4 Å². The summed E-state index contributed by atoms with van der Waals surface area (Å²) in [7, 11) is 0. The predicted molar refractivity (Wildman–Crippen MR) is 131 cm³/mol. The van der Waals surface area contributed by atoms with Gasteiger partial charge in [-0.3, -0.25) is 9.59 Å². The third-order valence-electron chi connectivity index (χ3n) is 5.23. The molecular formula is C25H33ClN2O2S. The van der Waals surface area contributed by atoms with Gasteiger partial charge in [0.05, 0.1) is 5.75 Å². The van der Waals surface area contributed by atoms with Crippen LogP contribution in [0.25, 0.3) is 0 Å². The fourth-order valence-electron chi connectivity index (χ4n) is 3.29. The minimum atomic E-state index is -0.503. The van der Waals surface area contributed by atoms with E-state index in [-0.39, 0.29) is 17.9 Å². The molecule has 6 heteroatoms. The summed E-state index contributed by atoms with van der Waals surface area (Å²) >= 11 is 7.59. The minimum absolute atomic E-state index is 0.0289. The topological polar surface area (TPSA) is 49.4 Å². The van der Waals surface area contributed by atoms with Crippen LogP contribution in [0.5, 0.6) is 0 Å². The van der Waals surface area contributed by atoms with Crippen molar-refractivity contribution in [1.82, 2.24) is 10.2 Å². The van der Waals surface area contributed by atoms with Crippen molar-refractivity contribution in [3.05, 3.63) is 70.2 Å². The fraction of sp³-hybridized carbons (Fsp3) is 0.440. The van der Waals surface area contributed by atoms with Crippen LogP contribution in [0.3, 0.4) is 0 Å². The Bertz CT molecular complexity index is 857. The van der Waals surface area contributed by atoms with Crippen molar-refractivity contribution in [2.24, 2.45) is 0 Å². The number of carbonyl (C=O) groups excluding carboxylic acids is 2. The van der Waals surface area contributed by atoms with Gasteiger partial charge >= 0.3 is 0 Å². The summed E-state index contributed by atoms with van der Waals surface area (Å²) in [4.78, 5) is 27.9. The highest BCUT2D eigenvalue weighted by atomic mass is 35.5. The van der Waals surface area contributed by atoms with E-state index >= 15 is 0 Å². The van der Waals surface area contributed by atoms with Gasteiger partial charge in [0.25, 0.3) is 0 Å². The Kier molecular flexibility index (Phi) is 10.4. The molecule has 0 radical (unpaired) electrons. The van der Waals surface area contributed by atoms with Crippen LogP contribution in [0.15, 0.2) is 48.5 Å². The summed E-state index contributed by atoms with van der Waals surface area (Å²) in [5, 5.41) is 3.69. The molecule has 2 aromatic carbocycles. The van der Waals surface area contributed by atoms with Crippen LogP contribution in [0.2, 0.25) is 5.02 Å². The Labute approximate surface area is 195 Å². The number of amides is 2. The number of carbonyl (C=O) groups is 2. The fourth-order valence-corrected chi connectivity index (χ4v) is 4.27. The Hall–Kier alpha value is -1.98. The van der Waals surface area contributed by atoms with Gasteiger partial charge < -0.3 is 10.2 Å². The van der Waals surface area contributed by atoms with Crippen LogP contribution < -0.4 is 5.32 Å². The average molecular weight is 461 g/mol. The highest BCUT2D eigenvalue weighted by molar-refractivity contribution is 7.99. The summed E-state index contributed by atoms with van der Waals surface area (Å²) in [6.45, 7) is 8.41. The van der Waals surface area contributed by atoms with E-state index in [9.17, 15) is 9.59 Å². The summed E-state index contributed by atoms with van der Waals surface area (Å²) < 4.78 is 0. The Morgan fingerprint density at radius 1 is 1.06 bits per heavy atom. The highest BCUT2D eigenvalue weighted by Gasteiger charge is 2.29. The minimum Gasteiger partial charge on any atom is -0.352 e. The lowest BCUT2D eigenvalue weighted by atomic mass is 10.1. The molecule has 4 nitrogen and oxygen atoms in total. The van der Waals surface area contributed by atoms with Gasteiger partial charge in [-0.25, -0.2) is 0 Å². The second-order valence-corrected chi connectivity index (χ2v) is 9.29. The number of halogens is 1. The lowest BCUT2D eigenvalue weighted by Gasteiger charge is -2.31. The first-order valence-electron chi connectivity index (χ1n) is 10.8. The van der Waals surface area contributed by atoms with Gasteiger partial charge in [0.1, 0.15) is 6.04 Å². The van der Waals surface area contributed by atoms with Crippen LogP contribution in [0.4, 0.5) is 0 Å². The van der Waals surface area contributed by atoms with E-state index in [2.05, 4.69) is 30.4 Å². The summed E-state index contributed by atoms with van der Waals surface area (Å²) in [5.41, 5.74) is 3.36. The van der Waals surface area contributed by atoms with Crippen LogP contribution in [0, 0.1) is 6.92 Å². The Balaban J connectivity index is 2.13. The summed E-state index contributed by atoms with van der Waals surface area (Å²) in [5.74, 6) is 0.966. The Morgan fingerprint density at radius 3 is 2.39 bits per heavy atom. The number of benzene rings is 2. The zero-order valence-electron chi connectivity index (χ0n) is 18.9. The first-order chi connectivity index (χ1) is 14.8. The third kappa shape index (κ3) is 8.23. The Morgan fingerprint density at radius 2 is 1.77 bits per heavy atom. The third-order valence-corrected chi connectivity index (χ3v) is 6.47. The van der Waals surface area contributed by atoms with Gasteiger partial charge in [0.15, 0.2) is 0 Å². The largest absolute Gasteiger partial charge is 0.352 e. The molecule has 2 atom stereocenters. The molecule has 0 bridgehead atoms. The molecule has 0 aromatic heterocycles. The maximum Gasteiger partial charge on any atom is 0.243 e. The molecule has 2 rings (SSSR count). The van der Waals surface area contributed by atoms with Gasteiger partial charge in [-0.2, -0.15) is 0 Å².